The molecule has 1 amide bonds. The van der Waals surface area contributed by atoms with Crippen LogP contribution in [0.5, 0.6) is 0 Å². The fourth-order valence-corrected chi connectivity index (χ4v) is 2.95. The van der Waals surface area contributed by atoms with E-state index in [4.69, 9.17) is 23.7 Å². The Morgan fingerprint density at radius 2 is 0.667 bits per heavy atom. The molecular formula is C20H24F15NO6. The molecule has 0 unspecified atom stereocenters. The van der Waals surface area contributed by atoms with Gasteiger partial charge in [-0.3, -0.25) is 4.79 Å². The van der Waals surface area contributed by atoms with Crippen LogP contribution in [0.1, 0.15) is 0 Å². The Bertz CT molecular complexity index is 838. The van der Waals surface area contributed by atoms with Gasteiger partial charge < -0.3 is 28.6 Å². The minimum Gasteiger partial charge on any atom is -0.377 e. The number of halogens is 15. The van der Waals surface area contributed by atoms with E-state index in [9.17, 15) is 70.7 Å². The zero-order valence-corrected chi connectivity index (χ0v) is 21.1. The van der Waals surface area contributed by atoms with Crippen LogP contribution in [0.4, 0.5) is 65.9 Å². The first-order chi connectivity index (χ1) is 19.0. The molecule has 0 aliphatic carbocycles. The molecule has 1 aliphatic rings. The van der Waals surface area contributed by atoms with Crippen LogP contribution in [0.25, 0.3) is 0 Å². The predicted octanol–water partition coefficient (Wildman–Crippen LogP) is 4.29. The molecule has 1 rings (SSSR count). The van der Waals surface area contributed by atoms with Crippen molar-refractivity contribution in [1.29, 1.82) is 0 Å². The van der Waals surface area contributed by atoms with Gasteiger partial charge in [-0.1, -0.05) is 0 Å². The van der Waals surface area contributed by atoms with Gasteiger partial charge >= 0.3 is 41.7 Å². The average molecular weight is 659 g/mol. The van der Waals surface area contributed by atoms with Crippen molar-refractivity contribution in [3.63, 3.8) is 0 Å². The van der Waals surface area contributed by atoms with Crippen molar-refractivity contribution >= 4 is 5.91 Å². The highest BCUT2D eigenvalue weighted by molar-refractivity contribution is 5.85. The summed E-state index contributed by atoms with van der Waals surface area (Å²) in [5.41, 5.74) is 0. The minimum absolute atomic E-state index is 0.0468. The fraction of sp³-hybridized carbons (Fsp3) is 0.950. The van der Waals surface area contributed by atoms with Crippen LogP contribution in [0.3, 0.4) is 0 Å². The van der Waals surface area contributed by atoms with Crippen molar-refractivity contribution in [2.75, 3.05) is 79.2 Å². The van der Waals surface area contributed by atoms with E-state index in [2.05, 4.69) is 0 Å². The molecule has 42 heavy (non-hydrogen) atoms. The molecule has 0 N–H and O–H groups in total. The van der Waals surface area contributed by atoms with Gasteiger partial charge in [0.2, 0.25) is 0 Å². The second-order valence-electron chi connectivity index (χ2n) is 8.30. The first kappa shape index (κ1) is 38.2. The van der Waals surface area contributed by atoms with E-state index in [1.807, 2.05) is 0 Å². The number of hydrogen-bond acceptors (Lipinski definition) is 6. The molecule has 1 heterocycles. The third kappa shape index (κ3) is 7.83. The lowest BCUT2D eigenvalue weighted by Crippen LogP contribution is -2.74. The molecule has 0 atom stereocenters. The van der Waals surface area contributed by atoms with Crippen molar-refractivity contribution in [3.8, 4) is 0 Å². The highest BCUT2D eigenvalue weighted by Gasteiger charge is 2.94. The second-order valence-corrected chi connectivity index (χ2v) is 8.30. The van der Waals surface area contributed by atoms with Gasteiger partial charge in [-0.25, -0.2) is 0 Å². The largest absolute Gasteiger partial charge is 0.460 e. The lowest BCUT2D eigenvalue weighted by molar-refractivity contribution is -0.449. The molecule has 0 radical (unpaired) electrons. The van der Waals surface area contributed by atoms with Gasteiger partial charge in [0.1, 0.15) is 0 Å². The van der Waals surface area contributed by atoms with Gasteiger partial charge in [0.25, 0.3) is 5.91 Å². The molecule has 0 bridgehead atoms. The van der Waals surface area contributed by atoms with Crippen molar-refractivity contribution in [1.82, 2.24) is 4.90 Å². The van der Waals surface area contributed by atoms with E-state index in [0.29, 0.717) is 0 Å². The van der Waals surface area contributed by atoms with Crippen LogP contribution >= 0.6 is 0 Å². The maximum Gasteiger partial charge on any atom is 0.460 e. The third-order valence-corrected chi connectivity index (χ3v) is 5.38. The van der Waals surface area contributed by atoms with E-state index in [0.717, 1.165) is 0 Å². The normalized spacial score (nSPS) is 20.1. The van der Waals surface area contributed by atoms with Crippen molar-refractivity contribution in [2.45, 2.75) is 41.7 Å². The van der Waals surface area contributed by atoms with Gasteiger partial charge in [0, 0.05) is 13.1 Å². The predicted molar refractivity (Wildman–Crippen MR) is 106 cm³/mol. The summed E-state index contributed by atoms with van der Waals surface area (Å²) in [6, 6.07) is 0. The fourth-order valence-electron chi connectivity index (χ4n) is 2.95. The Morgan fingerprint density at radius 3 is 0.976 bits per heavy atom. The summed E-state index contributed by atoms with van der Waals surface area (Å²) in [5, 5.41) is 0. The highest BCUT2D eigenvalue weighted by Crippen LogP contribution is 2.62. The van der Waals surface area contributed by atoms with E-state index >= 15 is 0 Å². The summed E-state index contributed by atoms with van der Waals surface area (Å²) >= 11 is 0. The maximum atomic E-state index is 14.4. The van der Waals surface area contributed by atoms with E-state index in [-0.39, 0.29) is 57.8 Å². The molecule has 0 spiro atoms. The topological polar surface area (TPSA) is 66.5 Å². The standard InChI is InChI=1S/C20H24F15NO6/c21-14(22,15(23,24)16(25,26)17(27,28)18(29,30)19(31,32)20(33,34)35)13(37)36-1-3-38-5-7-40-9-11-42-12-10-41-8-6-39-4-2-36/h1-12H2. The summed E-state index contributed by atoms with van der Waals surface area (Å²) in [6.45, 7) is -4.55. The molecule has 0 aromatic rings. The van der Waals surface area contributed by atoms with Crippen LogP contribution in [-0.4, -0.2) is 132 Å². The summed E-state index contributed by atoms with van der Waals surface area (Å²) < 4.78 is 227. The molecule has 1 fully saturated rings. The Balaban J connectivity index is 3.26. The Morgan fingerprint density at radius 1 is 0.405 bits per heavy atom. The van der Waals surface area contributed by atoms with Gasteiger partial charge in [0.05, 0.1) is 66.1 Å². The Labute approximate surface area is 227 Å². The van der Waals surface area contributed by atoms with Gasteiger partial charge in [-0.15, -0.1) is 0 Å². The lowest BCUT2D eigenvalue weighted by atomic mass is 9.90. The SMILES string of the molecule is O=C(N1CCOCCOCCOCCOCCOCC1)C(F)(F)C(F)(F)C(F)(F)C(F)(F)C(F)(F)C(F)(F)C(F)(F)F. The summed E-state index contributed by atoms with van der Waals surface area (Å²) in [7, 11) is 0. The number of carbonyl (C=O) groups is 1. The smallest absolute Gasteiger partial charge is 0.377 e. The highest BCUT2D eigenvalue weighted by atomic mass is 19.4. The van der Waals surface area contributed by atoms with Crippen LogP contribution in [0.2, 0.25) is 0 Å². The molecule has 1 saturated heterocycles. The first-order valence-corrected chi connectivity index (χ1v) is 11.5. The molecule has 1 aliphatic heterocycles. The van der Waals surface area contributed by atoms with Gasteiger partial charge in [-0.05, 0) is 0 Å². The number of nitrogens with zero attached hydrogens (tertiary/aromatic N) is 1. The van der Waals surface area contributed by atoms with Crippen LogP contribution in [0.15, 0.2) is 0 Å². The summed E-state index contributed by atoms with van der Waals surface area (Å²) in [4.78, 5) is 11.8. The third-order valence-electron chi connectivity index (χ3n) is 5.38. The molecular weight excluding hydrogens is 635 g/mol. The summed E-state index contributed by atoms with van der Waals surface area (Å²) in [6.07, 6.45) is -7.72. The molecule has 0 saturated carbocycles. The van der Waals surface area contributed by atoms with Crippen molar-refractivity contribution in [3.05, 3.63) is 0 Å². The van der Waals surface area contributed by atoms with E-state index in [1.54, 1.807) is 0 Å². The number of alkyl halides is 15. The van der Waals surface area contributed by atoms with Crippen LogP contribution < -0.4 is 0 Å². The van der Waals surface area contributed by atoms with Crippen LogP contribution in [-0.2, 0) is 28.5 Å². The Kier molecular flexibility index (Phi) is 13.1. The number of rotatable bonds is 6. The van der Waals surface area contributed by atoms with Crippen molar-refractivity contribution < 1.29 is 94.3 Å². The maximum absolute atomic E-state index is 14.4. The zero-order valence-electron chi connectivity index (χ0n) is 21.1. The number of carbonyl (C=O) groups excluding carboxylic acids is 1. The molecule has 250 valence electrons. The summed E-state index contributed by atoms with van der Waals surface area (Å²) in [5.74, 6) is -51.8. The quantitative estimate of drug-likeness (QED) is 0.397. The first-order valence-electron chi connectivity index (χ1n) is 11.5. The molecule has 22 heteroatoms. The van der Waals surface area contributed by atoms with Gasteiger partial charge in [-0.2, -0.15) is 65.9 Å². The number of hydrogen-bond donors (Lipinski definition) is 0. The zero-order chi connectivity index (χ0) is 32.7. The second kappa shape index (κ2) is 14.3. The minimum atomic E-state index is -8.49. The molecule has 0 aromatic carbocycles. The average Bonchev–Trinajstić information content (AvgIpc) is 2.86. The monoisotopic (exact) mass is 659 g/mol. The lowest BCUT2D eigenvalue weighted by Gasteiger charge is -2.41. The molecule has 7 nitrogen and oxygen atoms in total. The van der Waals surface area contributed by atoms with E-state index in [1.165, 1.54) is 0 Å². The molecule has 0 aromatic heterocycles. The number of ether oxygens (including phenoxy) is 5. The van der Waals surface area contributed by atoms with Crippen LogP contribution in [0, 0.1) is 0 Å². The van der Waals surface area contributed by atoms with Crippen molar-refractivity contribution in [2.24, 2.45) is 0 Å². The number of amides is 1. The Hall–Kier alpha value is -1.78. The van der Waals surface area contributed by atoms with Gasteiger partial charge in [0.15, 0.2) is 0 Å². The van der Waals surface area contributed by atoms with E-state index < -0.39 is 73.9 Å².